The van der Waals surface area contributed by atoms with Crippen LogP contribution in [0, 0.1) is 0 Å². The summed E-state index contributed by atoms with van der Waals surface area (Å²) in [7, 11) is 6.63. The molecule has 0 radical (unpaired) electrons. The second-order valence-corrected chi connectivity index (χ2v) is 11.4. The standard InChI is InChI=1S/C36H58N2O10/c1-39-19-25-47-35(41-3)33-29-45-23-21-44-18-16-38(28-32-13-9-6-10-14-32)34(36(42-4)48-26-20-40-2)30-46-24-22-43-17-15-37(33)27-31-11-7-5-8-12-31/h5-14,33-36H,15-30H2,1-4H3. The van der Waals surface area contributed by atoms with E-state index in [-0.39, 0.29) is 12.1 Å². The van der Waals surface area contributed by atoms with E-state index < -0.39 is 12.6 Å². The number of hydrogen-bond donors (Lipinski definition) is 0. The highest BCUT2D eigenvalue weighted by molar-refractivity contribution is 5.15. The van der Waals surface area contributed by atoms with Crippen LogP contribution in [0.5, 0.6) is 0 Å². The molecule has 0 aliphatic carbocycles. The van der Waals surface area contributed by atoms with E-state index in [0.29, 0.717) is 105 Å². The maximum atomic E-state index is 6.22. The van der Waals surface area contributed by atoms with E-state index in [9.17, 15) is 0 Å². The van der Waals surface area contributed by atoms with E-state index in [1.165, 1.54) is 11.1 Å². The van der Waals surface area contributed by atoms with E-state index in [1.54, 1.807) is 28.4 Å². The van der Waals surface area contributed by atoms with Gasteiger partial charge in [0, 0.05) is 54.6 Å². The quantitative estimate of drug-likeness (QED) is 0.193. The van der Waals surface area contributed by atoms with E-state index in [1.807, 2.05) is 36.4 Å². The lowest BCUT2D eigenvalue weighted by molar-refractivity contribution is -0.187. The molecule has 4 atom stereocenters. The zero-order valence-electron chi connectivity index (χ0n) is 29.4. The Morgan fingerprint density at radius 2 is 0.938 bits per heavy atom. The van der Waals surface area contributed by atoms with Crippen molar-refractivity contribution in [2.45, 2.75) is 37.8 Å². The summed E-state index contributed by atoms with van der Waals surface area (Å²) < 4.78 is 59.0. The molecule has 0 bridgehead atoms. The third-order valence-corrected chi connectivity index (χ3v) is 7.99. The minimum atomic E-state index is -0.526. The van der Waals surface area contributed by atoms with Gasteiger partial charge in [-0.2, -0.15) is 0 Å². The highest BCUT2D eigenvalue weighted by Gasteiger charge is 2.31. The van der Waals surface area contributed by atoms with Crippen molar-refractivity contribution in [3.05, 3.63) is 71.8 Å². The third-order valence-electron chi connectivity index (χ3n) is 7.99. The Morgan fingerprint density at radius 1 is 0.542 bits per heavy atom. The Labute approximate surface area is 287 Å². The van der Waals surface area contributed by atoms with Gasteiger partial charge in [-0.3, -0.25) is 9.80 Å². The maximum absolute atomic E-state index is 6.22. The molecule has 3 rings (SSSR count). The molecule has 1 aliphatic rings. The fourth-order valence-electron chi connectivity index (χ4n) is 5.45. The molecule has 12 heteroatoms. The molecule has 48 heavy (non-hydrogen) atoms. The first-order valence-corrected chi connectivity index (χ1v) is 16.8. The zero-order chi connectivity index (χ0) is 34.1. The molecular formula is C36H58N2O10. The minimum Gasteiger partial charge on any atom is -0.382 e. The lowest BCUT2D eigenvalue weighted by Crippen LogP contribution is -2.50. The molecule has 1 saturated heterocycles. The predicted octanol–water partition coefficient (Wildman–Crippen LogP) is 3.08. The number of rotatable bonds is 16. The van der Waals surface area contributed by atoms with Crippen LogP contribution in [0.4, 0.5) is 0 Å². The van der Waals surface area contributed by atoms with E-state index in [2.05, 4.69) is 34.1 Å². The highest BCUT2D eigenvalue weighted by Crippen LogP contribution is 2.17. The van der Waals surface area contributed by atoms with Crippen molar-refractivity contribution in [3.8, 4) is 0 Å². The Morgan fingerprint density at radius 3 is 1.31 bits per heavy atom. The van der Waals surface area contributed by atoms with Crippen molar-refractivity contribution in [3.63, 3.8) is 0 Å². The predicted molar refractivity (Wildman–Crippen MR) is 182 cm³/mol. The number of methoxy groups -OCH3 is 4. The van der Waals surface area contributed by atoms with Crippen LogP contribution < -0.4 is 0 Å². The smallest absolute Gasteiger partial charge is 0.174 e. The maximum Gasteiger partial charge on any atom is 0.174 e. The van der Waals surface area contributed by atoms with Gasteiger partial charge in [0.2, 0.25) is 0 Å². The van der Waals surface area contributed by atoms with Crippen LogP contribution >= 0.6 is 0 Å². The second-order valence-electron chi connectivity index (χ2n) is 11.4. The molecule has 2 aromatic carbocycles. The fraction of sp³-hybridized carbons (Fsp3) is 0.667. The summed E-state index contributed by atoms with van der Waals surface area (Å²) in [6, 6.07) is 20.3. The number of nitrogens with zero attached hydrogens (tertiary/aromatic N) is 2. The molecule has 0 aromatic heterocycles. The molecule has 0 amide bonds. The zero-order valence-corrected chi connectivity index (χ0v) is 29.4. The van der Waals surface area contributed by atoms with Gasteiger partial charge in [-0.05, 0) is 11.1 Å². The molecule has 0 N–H and O–H groups in total. The van der Waals surface area contributed by atoms with Crippen LogP contribution in [0.2, 0.25) is 0 Å². The fourth-order valence-corrected chi connectivity index (χ4v) is 5.45. The van der Waals surface area contributed by atoms with Crippen LogP contribution in [0.3, 0.4) is 0 Å². The average Bonchev–Trinajstić information content (AvgIpc) is 3.11. The molecule has 0 saturated carbocycles. The first-order valence-electron chi connectivity index (χ1n) is 16.8. The van der Waals surface area contributed by atoms with E-state index in [0.717, 1.165) is 0 Å². The van der Waals surface area contributed by atoms with Gasteiger partial charge in [0.05, 0.1) is 91.4 Å². The largest absolute Gasteiger partial charge is 0.382 e. The van der Waals surface area contributed by atoms with Crippen molar-refractivity contribution >= 4 is 0 Å². The van der Waals surface area contributed by atoms with Crippen LogP contribution in [0.1, 0.15) is 11.1 Å². The topological polar surface area (TPSA) is 98.8 Å². The molecule has 12 nitrogen and oxygen atoms in total. The summed E-state index contributed by atoms with van der Waals surface area (Å²) in [4.78, 5) is 4.58. The van der Waals surface area contributed by atoms with Crippen molar-refractivity contribution in [2.24, 2.45) is 0 Å². The molecular weight excluding hydrogens is 620 g/mol. The lowest BCUT2D eigenvalue weighted by atomic mass is 10.1. The summed E-state index contributed by atoms with van der Waals surface area (Å²) in [6.07, 6.45) is -1.05. The average molecular weight is 679 g/mol. The van der Waals surface area contributed by atoms with Crippen molar-refractivity contribution in [2.75, 3.05) is 121 Å². The molecule has 4 unspecified atom stereocenters. The molecule has 2 aromatic rings. The third kappa shape index (κ3) is 15.7. The Balaban J connectivity index is 1.74. The summed E-state index contributed by atoms with van der Waals surface area (Å²) in [6.45, 7) is 7.88. The molecule has 272 valence electrons. The second kappa shape index (κ2) is 25.9. The summed E-state index contributed by atoms with van der Waals surface area (Å²) in [5.74, 6) is 0. The van der Waals surface area contributed by atoms with E-state index >= 15 is 0 Å². The van der Waals surface area contributed by atoms with Crippen LogP contribution in [0.25, 0.3) is 0 Å². The Hall–Kier alpha value is -2.04. The summed E-state index contributed by atoms with van der Waals surface area (Å²) in [5.41, 5.74) is 2.35. The number of benzene rings is 2. The molecule has 1 heterocycles. The van der Waals surface area contributed by atoms with E-state index in [4.69, 9.17) is 47.4 Å². The summed E-state index contributed by atoms with van der Waals surface area (Å²) in [5, 5.41) is 0. The Kier molecular flexibility index (Phi) is 21.8. The SMILES string of the molecule is COCCOC(OC)C1COCCOCCN(Cc2ccccc2)C(C(OC)OCCOC)COCCOCCN1Cc1ccccc1. The van der Waals surface area contributed by atoms with Gasteiger partial charge in [-0.1, -0.05) is 60.7 Å². The molecule has 0 spiro atoms. The first-order chi connectivity index (χ1) is 23.7. The normalized spacial score (nSPS) is 21.7. The molecule has 1 fully saturated rings. The van der Waals surface area contributed by atoms with Crippen molar-refractivity contribution in [1.82, 2.24) is 9.80 Å². The highest BCUT2D eigenvalue weighted by atomic mass is 16.7. The van der Waals surface area contributed by atoms with Gasteiger partial charge in [0.25, 0.3) is 0 Å². The minimum absolute atomic E-state index is 0.197. The lowest BCUT2D eigenvalue weighted by Gasteiger charge is -2.36. The van der Waals surface area contributed by atoms with Gasteiger partial charge in [0.1, 0.15) is 0 Å². The molecule has 1 aliphatic heterocycles. The first kappa shape index (κ1) is 40.4. The number of hydrogen-bond acceptors (Lipinski definition) is 12. The van der Waals surface area contributed by atoms with Crippen LogP contribution in [-0.4, -0.2) is 155 Å². The van der Waals surface area contributed by atoms with Crippen LogP contribution in [-0.2, 0) is 60.5 Å². The number of ether oxygens (including phenoxy) is 10. The van der Waals surface area contributed by atoms with Crippen molar-refractivity contribution in [1.29, 1.82) is 0 Å². The van der Waals surface area contributed by atoms with Gasteiger partial charge in [-0.25, -0.2) is 0 Å². The van der Waals surface area contributed by atoms with Crippen LogP contribution in [0.15, 0.2) is 60.7 Å². The van der Waals surface area contributed by atoms with Gasteiger partial charge in [-0.15, -0.1) is 0 Å². The van der Waals surface area contributed by atoms with Crippen molar-refractivity contribution < 1.29 is 47.4 Å². The van der Waals surface area contributed by atoms with Gasteiger partial charge >= 0.3 is 0 Å². The monoisotopic (exact) mass is 678 g/mol. The Bertz CT molecular complexity index is 943. The van der Waals surface area contributed by atoms with Gasteiger partial charge < -0.3 is 47.4 Å². The van der Waals surface area contributed by atoms with Gasteiger partial charge in [0.15, 0.2) is 12.6 Å². The summed E-state index contributed by atoms with van der Waals surface area (Å²) >= 11 is 0.